The number of nitrogens with one attached hydrogen (secondary N) is 1. The maximum absolute atomic E-state index is 11.2. The number of piperidine rings is 1. The number of hydrogen-bond acceptors (Lipinski definition) is 3. The van der Waals surface area contributed by atoms with Crippen molar-refractivity contribution in [3.05, 3.63) is 11.5 Å². The van der Waals surface area contributed by atoms with Gasteiger partial charge in [-0.2, -0.15) is 0 Å². The van der Waals surface area contributed by atoms with Gasteiger partial charge in [0.1, 0.15) is 0 Å². The average Bonchev–Trinajstić information content (AvgIpc) is 2.59. The molecule has 0 radical (unpaired) electrons. The topological polar surface area (TPSA) is 49.4 Å². The summed E-state index contributed by atoms with van der Waals surface area (Å²) in [5.41, 5.74) is 0. The number of likely N-dealkylation sites (tertiary alicyclic amines) is 1. The lowest BCUT2D eigenvalue weighted by Gasteiger charge is -2.30. The Hall–Kier alpha value is -0.620. The normalized spacial score (nSPS) is 28.0. The first-order valence-electron chi connectivity index (χ1n) is 5.53. The third kappa shape index (κ3) is 2.95. The van der Waals surface area contributed by atoms with Gasteiger partial charge >= 0.3 is 0 Å². The van der Waals surface area contributed by atoms with Crippen LogP contribution in [-0.4, -0.2) is 43.3 Å². The molecule has 0 saturated carbocycles. The van der Waals surface area contributed by atoms with Crippen molar-refractivity contribution in [2.45, 2.75) is 25.3 Å². The summed E-state index contributed by atoms with van der Waals surface area (Å²) in [6, 6.07) is -0.153. The molecule has 2 aliphatic rings. The van der Waals surface area contributed by atoms with Crippen LogP contribution in [0, 0.1) is 0 Å². The molecule has 0 unspecified atom stereocenters. The maximum atomic E-state index is 11.2. The van der Waals surface area contributed by atoms with E-state index in [4.69, 9.17) is 12.2 Å². The molecule has 6 heteroatoms. The molecule has 0 aliphatic carbocycles. The van der Waals surface area contributed by atoms with Crippen LogP contribution in [-0.2, 0) is 9.84 Å². The molecule has 1 fully saturated rings. The predicted molar refractivity (Wildman–Crippen MR) is 67.9 cm³/mol. The van der Waals surface area contributed by atoms with Crippen LogP contribution in [0.3, 0.4) is 0 Å². The van der Waals surface area contributed by atoms with Crippen molar-refractivity contribution < 1.29 is 8.42 Å². The molecule has 0 amide bonds. The van der Waals surface area contributed by atoms with E-state index in [2.05, 4.69) is 10.2 Å². The first kappa shape index (κ1) is 11.9. The third-order valence-corrected chi connectivity index (χ3v) is 4.65. The van der Waals surface area contributed by atoms with E-state index < -0.39 is 9.84 Å². The zero-order valence-corrected chi connectivity index (χ0v) is 10.7. The average molecular weight is 260 g/mol. The van der Waals surface area contributed by atoms with Crippen LogP contribution in [0.2, 0.25) is 0 Å². The SMILES string of the molecule is O=S1(=O)C=C[C@H](NC(=S)N2CCCCC2)C1. The molecule has 1 saturated heterocycles. The molecule has 0 spiro atoms. The Morgan fingerprint density at radius 3 is 2.56 bits per heavy atom. The summed E-state index contributed by atoms with van der Waals surface area (Å²) in [5, 5.41) is 5.05. The lowest BCUT2D eigenvalue weighted by Crippen LogP contribution is -2.46. The van der Waals surface area contributed by atoms with E-state index in [1.807, 2.05) is 0 Å². The minimum Gasteiger partial charge on any atom is -0.355 e. The fraction of sp³-hybridized carbons (Fsp3) is 0.700. The van der Waals surface area contributed by atoms with E-state index in [0.717, 1.165) is 13.1 Å². The van der Waals surface area contributed by atoms with Gasteiger partial charge in [0.05, 0.1) is 11.8 Å². The summed E-state index contributed by atoms with van der Waals surface area (Å²) in [4.78, 5) is 2.12. The molecule has 4 nitrogen and oxygen atoms in total. The first-order chi connectivity index (χ1) is 7.57. The van der Waals surface area contributed by atoms with Gasteiger partial charge in [0.25, 0.3) is 0 Å². The molecule has 0 aromatic rings. The predicted octanol–water partition coefficient (Wildman–Crippen LogP) is 0.657. The van der Waals surface area contributed by atoms with Gasteiger partial charge in [-0.15, -0.1) is 0 Å². The molecule has 0 aromatic heterocycles. The fourth-order valence-electron chi connectivity index (χ4n) is 2.01. The molecular weight excluding hydrogens is 244 g/mol. The highest BCUT2D eigenvalue weighted by atomic mass is 32.2. The molecule has 16 heavy (non-hydrogen) atoms. The number of thiocarbonyl (C=S) groups is 1. The Labute approximate surface area is 102 Å². The smallest absolute Gasteiger partial charge is 0.173 e. The minimum absolute atomic E-state index is 0.126. The zero-order chi connectivity index (χ0) is 11.6. The molecule has 1 N–H and O–H groups in total. The highest BCUT2D eigenvalue weighted by molar-refractivity contribution is 7.94. The van der Waals surface area contributed by atoms with Crippen LogP contribution in [0.15, 0.2) is 11.5 Å². The summed E-state index contributed by atoms with van der Waals surface area (Å²) < 4.78 is 22.4. The Morgan fingerprint density at radius 1 is 1.31 bits per heavy atom. The molecule has 90 valence electrons. The third-order valence-electron chi connectivity index (χ3n) is 2.88. The van der Waals surface area contributed by atoms with Gasteiger partial charge < -0.3 is 10.2 Å². The molecule has 0 aromatic carbocycles. The molecule has 2 heterocycles. The summed E-state index contributed by atoms with van der Waals surface area (Å²) in [7, 11) is -2.99. The Morgan fingerprint density at radius 2 is 2.00 bits per heavy atom. The van der Waals surface area contributed by atoms with E-state index in [1.54, 1.807) is 6.08 Å². The minimum atomic E-state index is -2.99. The lowest BCUT2D eigenvalue weighted by molar-refractivity contribution is 0.337. The second kappa shape index (κ2) is 4.71. The van der Waals surface area contributed by atoms with Crippen molar-refractivity contribution in [1.29, 1.82) is 0 Å². The van der Waals surface area contributed by atoms with E-state index in [0.29, 0.717) is 5.11 Å². The van der Waals surface area contributed by atoms with Gasteiger partial charge in [0.15, 0.2) is 14.9 Å². The Kier molecular flexibility index (Phi) is 3.49. The van der Waals surface area contributed by atoms with Crippen LogP contribution >= 0.6 is 12.2 Å². The van der Waals surface area contributed by atoms with Gasteiger partial charge in [-0.1, -0.05) is 0 Å². The second-order valence-electron chi connectivity index (χ2n) is 4.26. The van der Waals surface area contributed by atoms with E-state index in [1.165, 1.54) is 24.7 Å². The molecule has 1 atom stereocenters. The van der Waals surface area contributed by atoms with Gasteiger partial charge in [0, 0.05) is 18.5 Å². The monoisotopic (exact) mass is 260 g/mol. The van der Waals surface area contributed by atoms with Gasteiger partial charge in [-0.3, -0.25) is 0 Å². The summed E-state index contributed by atoms with van der Waals surface area (Å²) in [6.45, 7) is 1.96. The van der Waals surface area contributed by atoms with Gasteiger partial charge in [0.2, 0.25) is 0 Å². The highest BCUT2D eigenvalue weighted by Gasteiger charge is 2.23. The lowest BCUT2D eigenvalue weighted by atomic mass is 10.1. The first-order valence-corrected chi connectivity index (χ1v) is 7.66. The Balaban J connectivity index is 1.86. The highest BCUT2D eigenvalue weighted by Crippen LogP contribution is 2.11. The van der Waals surface area contributed by atoms with E-state index in [9.17, 15) is 8.42 Å². The van der Waals surface area contributed by atoms with E-state index >= 15 is 0 Å². The molecular formula is C10H16N2O2S2. The number of hydrogen-bond donors (Lipinski definition) is 1. The van der Waals surface area contributed by atoms with Crippen LogP contribution in [0.1, 0.15) is 19.3 Å². The number of sulfone groups is 1. The molecule has 0 bridgehead atoms. The standard InChI is InChI=1S/C10H16N2O2S2/c13-16(14)7-4-9(8-16)11-10(15)12-5-2-1-3-6-12/h4,7,9H,1-3,5-6,8H2,(H,11,15)/t9-/m0/s1. The van der Waals surface area contributed by atoms with Crippen molar-refractivity contribution in [3.63, 3.8) is 0 Å². The zero-order valence-electron chi connectivity index (χ0n) is 9.05. The van der Waals surface area contributed by atoms with Crippen molar-refractivity contribution in [1.82, 2.24) is 10.2 Å². The maximum Gasteiger partial charge on any atom is 0.173 e. The van der Waals surface area contributed by atoms with Crippen molar-refractivity contribution in [3.8, 4) is 0 Å². The second-order valence-corrected chi connectivity index (χ2v) is 6.58. The van der Waals surface area contributed by atoms with Crippen LogP contribution < -0.4 is 5.32 Å². The van der Waals surface area contributed by atoms with E-state index in [-0.39, 0.29) is 11.8 Å². The van der Waals surface area contributed by atoms with Crippen molar-refractivity contribution >= 4 is 27.2 Å². The van der Waals surface area contributed by atoms with Crippen LogP contribution in [0.5, 0.6) is 0 Å². The van der Waals surface area contributed by atoms with Crippen molar-refractivity contribution in [2.75, 3.05) is 18.8 Å². The molecule has 2 aliphatic heterocycles. The fourth-order valence-corrected chi connectivity index (χ4v) is 3.58. The number of rotatable bonds is 1. The number of nitrogens with zero attached hydrogens (tertiary/aromatic N) is 1. The van der Waals surface area contributed by atoms with Crippen LogP contribution in [0.4, 0.5) is 0 Å². The largest absolute Gasteiger partial charge is 0.355 e. The summed E-state index contributed by atoms with van der Waals surface area (Å²) in [5.74, 6) is 0.126. The Bertz CT molecular complexity index is 397. The van der Waals surface area contributed by atoms with Crippen molar-refractivity contribution in [2.24, 2.45) is 0 Å². The summed E-state index contributed by atoms with van der Waals surface area (Å²) in [6.07, 6.45) is 5.27. The van der Waals surface area contributed by atoms with Gasteiger partial charge in [-0.25, -0.2) is 8.42 Å². The van der Waals surface area contributed by atoms with Crippen LogP contribution in [0.25, 0.3) is 0 Å². The summed E-state index contributed by atoms with van der Waals surface area (Å²) >= 11 is 5.27. The van der Waals surface area contributed by atoms with Gasteiger partial charge in [-0.05, 0) is 37.6 Å². The quantitative estimate of drug-likeness (QED) is 0.702. The molecule has 2 rings (SSSR count).